The average molecular weight is 169 g/mol. The van der Waals surface area contributed by atoms with Gasteiger partial charge in [-0.2, -0.15) is 0 Å². The molecule has 0 saturated carbocycles. The normalized spacial score (nSPS) is 43.0. The molecule has 0 spiro atoms. The molecule has 12 heavy (non-hydrogen) atoms. The van der Waals surface area contributed by atoms with Crippen molar-refractivity contribution < 1.29 is 4.74 Å². The minimum Gasteiger partial charge on any atom is -0.372 e. The van der Waals surface area contributed by atoms with Crippen molar-refractivity contribution in [3.63, 3.8) is 0 Å². The van der Waals surface area contributed by atoms with Crippen LogP contribution >= 0.6 is 0 Å². The van der Waals surface area contributed by atoms with Gasteiger partial charge in [0, 0.05) is 18.6 Å². The summed E-state index contributed by atoms with van der Waals surface area (Å²) in [5.74, 6) is 0. The van der Waals surface area contributed by atoms with Crippen molar-refractivity contribution in [1.29, 1.82) is 0 Å². The van der Waals surface area contributed by atoms with Crippen molar-refractivity contribution in [2.24, 2.45) is 0 Å². The van der Waals surface area contributed by atoms with Crippen molar-refractivity contribution in [1.82, 2.24) is 4.90 Å². The summed E-state index contributed by atoms with van der Waals surface area (Å²) in [7, 11) is 0. The van der Waals surface area contributed by atoms with E-state index in [-0.39, 0.29) is 0 Å². The van der Waals surface area contributed by atoms with Crippen LogP contribution in [0.1, 0.15) is 33.1 Å². The van der Waals surface area contributed by atoms with E-state index in [1.54, 1.807) is 0 Å². The smallest absolute Gasteiger partial charge is 0.0936 e. The Balaban J connectivity index is 1.88. The summed E-state index contributed by atoms with van der Waals surface area (Å²) in [6.07, 6.45) is 4.71. The summed E-state index contributed by atoms with van der Waals surface area (Å²) in [6, 6.07) is 1.55. The van der Waals surface area contributed by atoms with Crippen molar-refractivity contribution in [3.8, 4) is 0 Å². The molecule has 2 nitrogen and oxygen atoms in total. The lowest BCUT2D eigenvalue weighted by Gasteiger charge is -2.38. The van der Waals surface area contributed by atoms with Crippen LogP contribution in [0.25, 0.3) is 0 Å². The van der Waals surface area contributed by atoms with Gasteiger partial charge in [-0.15, -0.1) is 0 Å². The fourth-order valence-corrected chi connectivity index (χ4v) is 2.24. The predicted molar refractivity (Wildman–Crippen MR) is 49.2 cm³/mol. The van der Waals surface area contributed by atoms with Crippen LogP contribution in [0.2, 0.25) is 0 Å². The van der Waals surface area contributed by atoms with Crippen LogP contribution in [0, 0.1) is 0 Å². The molecule has 2 fully saturated rings. The molecular weight excluding hydrogens is 150 g/mol. The van der Waals surface area contributed by atoms with Gasteiger partial charge in [-0.3, -0.25) is 4.90 Å². The van der Waals surface area contributed by atoms with E-state index in [9.17, 15) is 0 Å². The van der Waals surface area contributed by atoms with Gasteiger partial charge < -0.3 is 4.74 Å². The molecule has 2 aliphatic heterocycles. The largest absolute Gasteiger partial charge is 0.372 e. The van der Waals surface area contributed by atoms with Crippen LogP contribution in [0.4, 0.5) is 0 Å². The summed E-state index contributed by atoms with van der Waals surface area (Å²) in [4.78, 5) is 2.61. The SMILES string of the molecule is C[C@@H]1CCC[C@@H](C)N1C[C@H]1CO1. The van der Waals surface area contributed by atoms with Crippen LogP contribution in [0.3, 0.4) is 0 Å². The second-order valence-corrected chi connectivity index (χ2v) is 4.28. The lowest BCUT2D eigenvalue weighted by atomic mass is 9.97. The highest BCUT2D eigenvalue weighted by atomic mass is 16.6. The highest BCUT2D eigenvalue weighted by Crippen LogP contribution is 2.24. The molecule has 2 heteroatoms. The molecule has 2 aliphatic rings. The fraction of sp³-hybridized carbons (Fsp3) is 1.00. The van der Waals surface area contributed by atoms with Gasteiger partial charge in [0.1, 0.15) is 0 Å². The van der Waals surface area contributed by atoms with E-state index in [4.69, 9.17) is 4.74 Å². The van der Waals surface area contributed by atoms with Crippen molar-refractivity contribution >= 4 is 0 Å². The van der Waals surface area contributed by atoms with Gasteiger partial charge in [-0.25, -0.2) is 0 Å². The minimum atomic E-state index is 0.563. The predicted octanol–water partition coefficient (Wildman–Crippen LogP) is 1.65. The lowest BCUT2D eigenvalue weighted by molar-refractivity contribution is 0.0941. The van der Waals surface area contributed by atoms with Crippen molar-refractivity contribution in [2.75, 3.05) is 13.2 Å². The lowest BCUT2D eigenvalue weighted by Crippen LogP contribution is -2.45. The Kier molecular flexibility index (Phi) is 2.37. The topological polar surface area (TPSA) is 15.8 Å². The maximum atomic E-state index is 5.27. The molecule has 0 aliphatic carbocycles. The van der Waals surface area contributed by atoms with Gasteiger partial charge in [-0.05, 0) is 26.7 Å². The third-order valence-electron chi connectivity index (χ3n) is 3.19. The van der Waals surface area contributed by atoms with Gasteiger partial charge in [0.2, 0.25) is 0 Å². The maximum absolute atomic E-state index is 5.27. The molecule has 2 rings (SSSR count). The second kappa shape index (κ2) is 3.35. The first kappa shape index (κ1) is 8.52. The van der Waals surface area contributed by atoms with Gasteiger partial charge in [0.25, 0.3) is 0 Å². The summed E-state index contributed by atoms with van der Waals surface area (Å²) >= 11 is 0. The van der Waals surface area contributed by atoms with E-state index >= 15 is 0 Å². The van der Waals surface area contributed by atoms with E-state index in [1.807, 2.05) is 0 Å². The Morgan fingerprint density at radius 1 is 1.25 bits per heavy atom. The zero-order valence-corrected chi connectivity index (χ0v) is 8.12. The summed E-state index contributed by atoms with van der Waals surface area (Å²) in [6.45, 7) is 6.86. The third kappa shape index (κ3) is 1.80. The monoisotopic (exact) mass is 169 g/mol. The zero-order valence-electron chi connectivity index (χ0n) is 8.12. The first-order valence-corrected chi connectivity index (χ1v) is 5.14. The van der Waals surface area contributed by atoms with E-state index in [2.05, 4.69) is 18.7 Å². The first-order chi connectivity index (χ1) is 5.77. The van der Waals surface area contributed by atoms with Crippen LogP contribution in [0.15, 0.2) is 0 Å². The second-order valence-electron chi connectivity index (χ2n) is 4.28. The number of ether oxygens (including phenoxy) is 1. The van der Waals surface area contributed by atoms with Crippen LogP contribution in [-0.4, -0.2) is 36.2 Å². The summed E-state index contributed by atoms with van der Waals surface area (Å²) in [5.41, 5.74) is 0. The molecule has 0 aromatic carbocycles. The first-order valence-electron chi connectivity index (χ1n) is 5.14. The van der Waals surface area contributed by atoms with Gasteiger partial charge in [-0.1, -0.05) is 6.42 Å². The number of hydrogen-bond donors (Lipinski definition) is 0. The Bertz CT molecular complexity index is 146. The van der Waals surface area contributed by atoms with E-state index in [0.717, 1.165) is 18.7 Å². The van der Waals surface area contributed by atoms with Crippen LogP contribution < -0.4 is 0 Å². The number of likely N-dealkylation sites (tertiary alicyclic amines) is 1. The molecule has 0 amide bonds. The Morgan fingerprint density at radius 2 is 1.83 bits per heavy atom. The Morgan fingerprint density at radius 3 is 2.33 bits per heavy atom. The molecular formula is C10H19NO. The number of hydrogen-bond acceptors (Lipinski definition) is 2. The molecule has 0 radical (unpaired) electrons. The minimum absolute atomic E-state index is 0.563. The highest BCUT2D eigenvalue weighted by molar-refractivity contribution is 4.84. The molecule has 70 valence electrons. The van der Waals surface area contributed by atoms with E-state index < -0.39 is 0 Å². The van der Waals surface area contributed by atoms with E-state index in [0.29, 0.717) is 6.10 Å². The zero-order chi connectivity index (χ0) is 8.55. The van der Waals surface area contributed by atoms with Gasteiger partial charge >= 0.3 is 0 Å². The number of epoxide rings is 1. The molecule has 0 aromatic heterocycles. The fourth-order valence-electron chi connectivity index (χ4n) is 2.24. The third-order valence-corrected chi connectivity index (χ3v) is 3.19. The quantitative estimate of drug-likeness (QED) is 0.584. The van der Waals surface area contributed by atoms with Gasteiger partial charge in [0.15, 0.2) is 0 Å². The molecule has 0 N–H and O–H groups in total. The number of nitrogens with zero attached hydrogens (tertiary/aromatic N) is 1. The van der Waals surface area contributed by atoms with Crippen LogP contribution in [-0.2, 0) is 4.74 Å². The summed E-state index contributed by atoms with van der Waals surface area (Å²) < 4.78 is 5.27. The van der Waals surface area contributed by atoms with Crippen molar-refractivity contribution in [3.05, 3.63) is 0 Å². The number of piperidine rings is 1. The summed E-state index contributed by atoms with van der Waals surface area (Å²) in [5, 5.41) is 0. The maximum Gasteiger partial charge on any atom is 0.0936 e. The molecule has 3 atom stereocenters. The highest BCUT2D eigenvalue weighted by Gasteiger charge is 2.31. The molecule has 0 unspecified atom stereocenters. The number of rotatable bonds is 2. The van der Waals surface area contributed by atoms with Crippen molar-refractivity contribution in [2.45, 2.75) is 51.3 Å². The Hall–Kier alpha value is -0.0800. The Labute approximate surface area is 74.9 Å². The molecule has 2 saturated heterocycles. The van der Waals surface area contributed by atoms with E-state index in [1.165, 1.54) is 25.8 Å². The van der Waals surface area contributed by atoms with Gasteiger partial charge in [0.05, 0.1) is 12.7 Å². The standard InChI is InChI=1S/C10H19NO/c1-8-4-3-5-9(2)11(8)6-10-7-12-10/h8-10H,3-7H2,1-2H3/t8-,9-,10+/m1/s1. The molecule has 2 heterocycles. The molecule has 0 aromatic rings. The molecule has 0 bridgehead atoms. The average Bonchev–Trinajstić information content (AvgIpc) is 2.80. The van der Waals surface area contributed by atoms with Crippen LogP contribution in [0.5, 0.6) is 0 Å².